The van der Waals surface area contributed by atoms with Crippen LogP contribution in [0.25, 0.3) is 0 Å². The Morgan fingerprint density at radius 1 is 1.16 bits per heavy atom. The average molecular weight is 436 g/mol. The number of likely N-dealkylation sites (tertiary alicyclic amines) is 2. The molecule has 1 aromatic carbocycles. The van der Waals surface area contributed by atoms with E-state index in [1.807, 2.05) is 17.0 Å². The Hall–Kier alpha value is -2.76. The standard InChI is InChI=1S/C26H30FN3O2/c1-17(31)29-16-22-15-26(2)23(29)8-3-4-9-24(26)30(22)25(32)19-10-11-28-21(14-19)13-18-6-5-7-20(27)12-18/h5-7,10-12,14,22-24H,3-4,8-9,13,15-16H2,1-2H3/t22-,23+,24-,26+/m0/s1. The minimum Gasteiger partial charge on any atom is -0.337 e. The molecule has 0 unspecified atom stereocenters. The van der Waals surface area contributed by atoms with Crippen LogP contribution in [-0.4, -0.2) is 51.3 Å². The largest absolute Gasteiger partial charge is 0.337 e. The van der Waals surface area contributed by atoms with Gasteiger partial charge in [-0.25, -0.2) is 4.39 Å². The van der Waals surface area contributed by atoms with Gasteiger partial charge in [-0.2, -0.15) is 0 Å². The van der Waals surface area contributed by atoms with E-state index in [9.17, 15) is 14.0 Å². The third-order valence-electron chi connectivity index (χ3n) is 7.89. The molecule has 2 aliphatic heterocycles. The zero-order chi connectivity index (χ0) is 22.5. The van der Waals surface area contributed by atoms with Gasteiger partial charge in [0.25, 0.3) is 5.91 Å². The van der Waals surface area contributed by atoms with Gasteiger partial charge in [0, 0.05) is 54.8 Å². The highest BCUT2D eigenvalue weighted by Crippen LogP contribution is 2.53. The van der Waals surface area contributed by atoms with E-state index in [4.69, 9.17) is 0 Å². The first-order valence-corrected chi connectivity index (χ1v) is 11.7. The molecule has 2 bridgehead atoms. The zero-order valence-electron chi connectivity index (χ0n) is 18.8. The van der Waals surface area contributed by atoms with Gasteiger partial charge >= 0.3 is 0 Å². The van der Waals surface area contributed by atoms with E-state index in [0.717, 1.165) is 43.4 Å². The van der Waals surface area contributed by atoms with Crippen molar-refractivity contribution in [3.05, 3.63) is 65.2 Å². The Morgan fingerprint density at radius 3 is 2.69 bits per heavy atom. The number of hydrogen-bond acceptors (Lipinski definition) is 3. The van der Waals surface area contributed by atoms with Crippen molar-refractivity contribution in [2.45, 2.75) is 70.5 Å². The highest BCUT2D eigenvalue weighted by Gasteiger charge is 2.60. The maximum Gasteiger partial charge on any atom is 0.254 e. The Bertz CT molecular complexity index is 1060. The van der Waals surface area contributed by atoms with Crippen molar-refractivity contribution in [2.75, 3.05) is 6.54 Å². The first-order valence-electron chi connectivity index (χ1n) is 11.7. The van der Waals surface area contributed by atoms with Gasteiger partial charge in [0.2, 0.25) is 5.91 Å². The molecule has 6 heteroatoms. The fraction of sp³-hybridized carbons (Fsp3) is 0.500. The number of rotatable bonds is 3. The molecule has 5 rings (SSSR count). The zero-order valence-corrected chi connectivity index (χ0v) is 18.8. The molecule has 1 aromatic heterocycles. The van der Waals surface area contributed by atoms with Gasteiger partial charge in [0.15, 0.2) is 0 Å². The number of amides is 2. The van der Waals surface area contributed by atoms with Crippen LogP contribution in [0.5, 0.6) is 0 Å². The molecular weight excluding hydrogens is 405 g/mol. The van der Waals surface area contributed by atoms with E-state index in [-0.39, 0.29) is 41.2 Å². The molecular formula is C26H30FN3O2. The van der Waals surface area contributed by atoms with Crippen molar-refractivity contribution >= 4 is 11.8 Å². The highest BCUT2D eigenvalue weighted by molar-refractivity contribution is 5.95. The molecule has 1 saturated carbocycles. The summed E-state index contributed by atoms with van der Waals surface area (Å²) in [5.74, 6) is -0.134. The van der Waals surface area contributed by atoms with E-state index < -0.39 is 0 Å². The van der Waals surface area contributed by atoms with Gasteiger partial charge in [-0.1, -0.05) is 31.9 Å². The van der Waals surface area contributed by atoms with E-state index in [2.05, 4.69) is 16.8 Å². The second kappa shape index (κ2) is 7.98. The first kappa shape index (κ1) is 21.1. The highest BCUT2D eigenvalue weighted by atomic mass is 19.1. The van der Waals surface area contributed by atoms with Gasteiger partial charge < -0.3 is 9.80 Å². The smallest absolute Gasteiger partial charge is 0.254 e. The van der Waals surface area contributed by atoms with Gasteiger partial charge in [0.1, 0.15) is 5.82 Å². The minimum absolute atomic E-state index is 0.0256. The molecule has 3 aliphatic rings. The topological polar surface area (TPSA) is 53.5 Å². The second-order valence-electron chi connectivity index (χ2n) is 9.91. The van der Waals surface area contributed by atoms with Gasteiger partial charge in [-0.3, -0.25) is 14.6 Å². The molecule has 2 saturated heterocycles. The van der Waals surface area contributed by atoms with Crippen LogP contribution in [0.2, 0.25) is 0 Å². The summed E-state index contributed by atoms with van der Waals surface area (Å²) in [4.78, 5) is 34.8. The summed E-state index contributed by atoms with van der Waals surface area (Å²) in [5, 5.41) is 0. The lowest BCUT2D eigenvalue weighted by Crippen LogP contribution is -2.55. The van der Waals surface area contributed by atoms with E-state index in [1.54, 1.807) is 25.3 Å². The number of pyridine rings is 1. The molecule has 4 atom stereocenters. The maximum absolute atomic E-state index is 13.8. The van der Waals surface area contributed by atoms with Crippen molar-refractivity contribution in [2.24, 2.45) is 5.41 Å². The van der Waals surface area contributed by atoms with Crippen molar-refractivity contribution in [3.63, 3.8) is 0 Å². The lowest BCUT2D eigenvalue weighted by Gasteiger charge is -2.46. The van der Waals surface area contributed by atoms with Crippen LogP contribution in [0.15, 0.2) is 42.6 Å². The van der Waals surface area contributed by atoms with Gasteiger partial charge in [-0.15, -0.1) is 0 Å². The van der Waals surface area contributed by atoms with Crippen LogP contribution in [0, 0.1) is 11.2 Å². The summed E-state index contributed by atoms with van der Waals surface area (Å²) in [7, 11) is 0. The fourth-order valence-corrected chi connectivity index (χ4v) is 6.53. The number of fused-ring (bicyclic) bond motifs is 1. The SMILES string of the molecule is CC(=O)N1C[C@@H]2C[C@@]3(C)[C@H](CCCC[C@@H]13)N2C(=O)c1ccnc(Cc2cccc(F)c2)c1. The van der Waals surface area contributed by atoms with Crippen molar-refractivity contribution < 1.29 is 14.0 Å². The molecule has 3 fully saturated rings. The summed E-state index contributed by atoms with van der Waals surface area (Å²) in [6, 6.07) is 10.5. The van der Waals surface area contributed by atoms with Crippen molar-refractivity contribution in [1.82, 2.24) is 14.8 Å². The summed E-state index contributed by atoms with van der Waals surface area (Å²) in [5.41, 5.74) is 2.14. The molecule has 3 heterocycles. The Balaban J connectivity index is 1.45. The van der Waals surface area contributed by atoms with Crippen LogP contribution >= 0.6 is 0 Å². The number of hydrogen-bond donors (Lipinski definition) is 0. The summed E-state index contributed by atoms with van der Waals surface area (Å²) in [6.45, 7) is 4.56. The number of benzene rings is 1. The third kappa shape index (κ3) is 3.50. The first-order chi connectivity index (χ1) is 15.4. The number of piperidine rings is 1. The Labute approximate surface area is 188 Å². The molecule has 32 heavy (non-hydrogen) atoms. The Morgan fingerprint density at radius 2 is 1.94 bits per heavy atom. The van der Waals surface area contributed by atoms with Crippen LogP contribution in [0.4, 0.5) is 4.39 Å². The monoisotopic (exact) mass is 435 g/mol. The molecule has 5 nitrogen and oxygen atoms in total. The number of carbonyl (C=O) groups is 2. The van der Waals surface area contributed by atoms with E-state index in [0.29, 0.717) is 18.5 Å². The van der Waals surface area contributed by atoms with Crippen LogP contribution in [0.1, 0.15) is 67.6 Å². The Kier molecular flexibility index (Phi) is 5.26. The van der Waals surface area contributed by atoms with Gasteiger partial charge in [-0.05, 0) is 49.1 Å². The van der Waals surface area contributed by atoms with Crippen LogP contribution < -0.4 is 0 Å². The lowest BCUT2D eigenvalue weighted by molar-refractivity contribution is -0.136. The third-order valence-corrected chi connectivity index (χ3v) is 7.89. The predicted molar refractivity (Wildman–Crippen MR) is 120 cm³/mol. The maximum atomic E-state index is 13.8. The number of halogens is 1. The fourth-order valence-electron chi connectivity index (χ4n) is 6.53. The van der Waals surface area contributed by atoms with Crippen molar-refractivity contribution in [3.8, 4) is 0 Å². The average Bonchev–Trinajstić information content (AvgIpc) is 2.87. The number of aromatic nitrogens is 1. The van der Waals surface area contributed by atoms with Crippen LogP contribution in [-0.2, 0) is 11.2 Å². The van der Waals surface area contributed by atoms with Crippen molar-refractivity contribution in [1.29, 1.82) is 0 Å². The quantitative estimate of drug-likeness (QED) is 0.726. The molecule has 2 aromatic rings. The molecule has 0 radical (unpaired) electrons. The predicted octanol–water partition coefficient (Wildman–Crippen LogP) is 4.21. The lowest BCUT2D eigenvalue weighted by atomic mass is 9.71. The minimum atomic E-state index is -0.273. The van der Waals surface area contributed by atoms with Crippen LogP contribution in [0.3, 0.4) is 0 Å². The summed E-state index contributed by atoms with van der Waals surface area (Å²) in [6.07, 6.45) is 7.29. The van der Waals surface area contributed by atoms with E-state index >= 15 is 0 Å². The van der Waals surface area contributed by atoms with Gasteiger partial charge in [0.05, 0.1) is 6.04 Å². The summed E-state index contributed by atoms with van der Waals surface area (Å²) < 4.78 is 13.6. The second-order valence-corrected chi connectivity index (χ2v) is 9.91. The molecule has 2 amide bonds. The number of nitrogens with zero attached hydrogens (tertiary/aromatic N) is 3. The molecule has 0 spiro atoms. The number of carbonyl (C=O) groups excluding carboxylic acids is 2. The summed E-state index contributed by atoms with van der Waals surface area (Å²) >= 11 is 0. The van der Waals surface area contributed by atoms with E-state index in [1.165, 1.54) is 12.1 Å². The normalized spacial score (nSPS) is 29.0. The molecule has 168 valence electrons. The molecule has 0 N–H and O–H groups in total. The molecule has 1 aliphatic carbocycles.